The highest BCUT2D eigenvalue weighted by molar-refractivity contribution is 7.89. The highest BCUT2D eigenvalue weighted by Crippen LogP contribution is 2.23. The van der Waals surface area contributed by atoms with Gasteiger partial charge in [-0.05, 0) is 12.1 Å². The first-order chi connectivity index (χ1) is 8.57. The van der Waals surface area contributed by atoms with Gasteiger partial charge in [0.1, 0.15) is 4.90 Å². The van der Waals surface area contributed by atoms with E-state index in [0.717, 1.165) is 0 Å². The summed E-state index contributed by atoms with van der Waals surface area (Å²) in [7, 11) is -1.85. The molecule has 0 saturated heterocycles. The lowest BCUT2D eigenvalue weighted by molar-refractivity contribution is 0.474. The fraction of sp³-hybridized carbons (Fsp3) is 0.231. The molecule has 0 amide bonds. The van der Waals surface area contributed by atoms with Gasteiger partial charge >= 0.3 is 0 Å². The Balaban J connectivity index is 3.25. The molecule has 0 radical (unpaired) electrons. The van der Waals surface area contributed by atoms with Crippen molar-refractivity contribution in [3.05, 3.63) is 49.6 Å². The average molecular weight is 266 g/mol. The van der Waals surface area contributed by atoms with Gasteiger partial charge in [-0.3, -0.25) is 0 Å². The lowest BCUT2D eigenvalue weighted by Gasteiger charge is -2.20. The molecule has 0 bridgehead atoms. The summed E-state index contributed by atoms with van der Waals surface area (Å²) >= 11 is 0. The van der Waals surface area contributed by atoms with E-state index in [-0.39, 0.29) is 18.0 Å². The van der Waals surface area contributed by atoms with Gasteiger partial charge in [0, 0.05) is 20.1 Å². The van der Waals surface area contributed by atoms with Crippen molar-refractivity contribution in [3.63, 3.8) is 0 Å². The molecule has 0 aliphatic rings. The van der Waals surface area contributed by atoms with Crippen molar-refractivity contribution >= 4 is 15.7 Å². The van der Waals surface area contributed by atoms with E-state index in [2.05, 4.69) is 18.5 Å². The fourth-order valence-electron chi connectivity index (χ4n) is 1.60. The van der Waals surface area contributed by atoms with Crippen LogP contribution in [0.25, 0.3) is 0 Å². The number of benzene rings is 1. The zero-order valence-electron chi connectivity index (χ0n) is 10.5. The number of para-hydroxylation sites is 1. The summed E-state index contributed by atoms with van der Waals surface area (Å²) in [5.41, 5.74) is 0.579. The third kappa shape index (κ3) is 3.00. The molecule has 0 aromatic heterocycles. The molecule has 5 heteroatoms. The van der Waals surface area contributed by atoms with E-state index in [9.17, 15) is 8.42 Å². The Hall–Kier alpha value is -1.59. The minimum atomic E-state index is -3.54. The van der Waals surface area contributed by atoms with Crippen LogP contribution >= 0.6 is 0 Å². The molecule has 0 unspecified atom stereocenters. The molecule has 0 aliphatic heterocycles. The van der Waals surface area contributed by atoms with Crippen LogP contribution in [-0.4, -0.2) is 32.9 Å². The first-order valence-electron chi connectivity index (χ1n) is 5.56. The molecule has 1 aromatic carbocycles. The lowest BCUT2D eigenvalue weighted by atomic mass is 10.3. The predicted molar refractivity (Wildman–Crippen MR) is 75.1 cm³/mol. The normalized spacial score (nSPS) is 11.2. The van der Waals surface area contributed by atoms with Crippen molar-refractivity contribution in [3.8, 4) is 0 Å². The van der Waals surface area contributed by atoms with Gasteiger partial charge in [-0.1, -0.05) is 24.3 Å². The van der Waals surface area contributed by atoms with Crippen LogP contribution in [-0.2, 0) is 10.0 Å². The molecule has 18 heavy (non-hydrogen) atoms. The van der Waals surface area contributed by atoms with Crippen LogP contribution in [0.15, 0.2) is 54.5 Å². The summed E-state index contributed by atoms with van der Waals surface area (Å²) < 4.78 is 26.3. The minimum absolute atomic E-state index is 0.256. The predicted octanol–water partition coefficient (Wildman–Crippen LogP) is 2.09. The second-order valence-corrected chi connectivity index (χ2v) is 5.55. The number of hydrogen-bond acceptors (Lipinski definition) is 3. The van der Waals surface area contributed by atoms with Crippen LogP contribution in [0, 0.1) is 0 Å². The molecule has 0 atom stereocenters. The van der Waals surface area contributed by atoms with E-state index in [1.165, 1.54) is 4.31 Å². The van der Waals surface area contributed by atoms with E-state index in [4.69, 9.17) is 0 Å². The second-order valence-electron chi connectivity index (χ2n) is 3.65. The molecule has 0 aliphatic carbocycles. The number of hydrogen-bond donors (Lipinski definition) is 1. The summed E-state index contributed by atoms with van der Waals surface area (Å²) in [5.74, 6) is 0. The smallest absolute Gasteiger partial charge is 0.245 e. The molecule has 0 spiro atoms. The third-order valence-electron chi connectivity index (χ3n) is 2.44. The van der Waals surface area contributed by atoms with Crippen molar-refractivity contribution < 1.29 is 8.42 Å². The van der Waals surface area contributed by atoms with Gasteiger partial charge in [-0.25, -0.2) is 8.42 Å². The summed E-state index contributed by atoms with van der Waals surface area (Å²) in [4.78, 5) is 0.260. The summed E-state index contributed by atoms with van der Waals surface area (Å²) in [6, 6.07) is 6.80. The van der Waals surface area contributed by atoms with Crippen LogP contribution in [0.1, 0.15) is 0 Å². The van der Waals surface area contributed by atoms with Crippen LogP contribution in [0.5, 0.6) is 0 Å². The van der Waals surface area contributed by atoms with Gasteiger partial charge < -0.3 is 5.32 Å². The topological polar surface area (TPSA) is 49.4 Å². The molecule has 0 saturated carbocycles. The lowest BCUT2D eigenvalue weighted by Crippen LogP contribution is -2.31. The SMILES string of the molecule is C=CCN(CC=C)S(=O)(=O)c1ccccc1NC. The van der Waals surface area contributed by atoms with Gasteiger partial charge in [-0.2, -0.15) is 4.31 Å². The zero-order valence-corrected chi connectivity index (χ0v) is 11.3. The molecule has 1 aromatic rings. The van der Waals surface area contributed by atoms with Gasteiger partial charge in [0.25, 0.3) is 0 Å². The first-order valence-corrected chi connectivity index (χ1v) is 7.00. The Morgan fingerprint density at radius 3 is 2.28 bits per heavy atom. The van der Waals surface area contributed by atoms with Gasteiger partial charge in [0.2, 0.25) is 10.0 Å². The Kier molecular flexibility index (Phi) is 5.12. The Morgan fingerprint density at radius 1 is 1.22 bits per heavy atom. The molecular weight excluding hydrogens is 248 g/mol. The van der Waals surface area contributed by atoms with E-state index in [0.29, 0.717) is 5.69 Å². The van der Waals surface area contributed by atoms with Crippen molar-refractivity contribution in [2.24, 2.45) is 0 Å². The minimum Gasteiger partial charge on any atom is -0.387 e. The largest absolute Gasteiger partial charge is 0.387 e. The van der Waals surface area contributed by atoms with Gasteiger partial charge in [0.05, 0.1) is 5.69 Å². The third-order valence-corrected chi connectivity index (χ3v) is 4.33. The first kappa shape index (κ1) is 14.5. The zero-order chi connectivity index (χ0) is 13.6. The maximum Gasteiger partial charge on any atom is 0.245 e. The number of anilines is 1. The molecule has 1 rings (SSSR count). The molecular formula is C13H18N2O2S. The Bertz CT molecular complexity index is 514. The number of nitrogens with zero attached hydrogens (tertiary/aromatic N) is 1. The molecule has 98 valence electrons. The Labute approximate surface area is 109 Å². The highest BCUT2D eigenvalue weighted by Gasteiger charge is 2.24. The van der Waals surface area contributed by atoms with Crippen molar-refractivity contribution in [1.82, 2.24) is 4.31 Å². The monoisotopic (exact) mass is 266 g/mol. The van der Waals surface area contributed by atoms with Crippen molar-refractivity contribution in [2.75, 3.05) is 25.5 Å². The van der Waals surface area contributed by atoms with Gasteiger partial charge in [-0.15, -0.1) is 13.2 Å². The van der Waals surface area contributed by atoms with Crippen molar-refractivity contribution in [2.45, 2.75) is 4.90 Å². The van der Waals surface area contributed by atoms with Crippen LogP contribution < -0.4 is 5.32 Å². The maximum atomic E-state index is 12.5. The summed E-state index contributed by atoms with van der Waals surface area (Å²) in [5, 5.41) is 2.88. The van der Waals surface area contributed by atoms with Crippen LogP contribution in [0.3, 0.4) is 0 Å². The molecule has 0 fully saturated rings. The van der Waals surface area contributed by atoms with E-state index < -0.39 is 10.0 Å². The average Bonchev–Trinajstić information content (AvgIpc) is 2.38. The highest BCUT2D eigenvalue weighted by atomic mass is 32.2. The second kappa shape index (κ2) is 6.37. The molecule has 4 nitrogen and oxygen atoms in total. The number of nitrogens with one attached hydrogen (secondary N) is 1. The van der Waals surface area contributed by atoms with E-state index in [1.807, 2.05) is 0 Å². The number of sulfonamides is 1. The quantitative estimate of drug-likeness (QED) is 0.769. The fourth-order valence-corrected chi connectivity index (χ4v) is 3.18. The van der Waals surface area contributed by atoms with Gasteiger partial charge in [0.15, 0.2) is 0 Å². The maximum absolute atomic E-state index is 12.5. The van der Waals surface area contributed by atoms with Crippen LogP contribution in [0.2, 0.25) is 0 Å². The molecule has 1 N–H and O–H groups in total. The van der Waals surface area contributed by atoms with E-state index >= 15 is 0 Å². The Morgan fingerprint density at radius 2 is 1.78 bits per heavy atom. The van der Waals surface area contributed by atoms with Crippen molar-refractivity contribution in [1.29, 1.82) is 0 Å². The summed E-state index contributed by atoms with van der Waals surface area (Å²) in [6.07, 6.45) is 3.12. The standard InChI is InChI=1S/C13H18N2O2S/c1-4-10-15(11-5-2)18(16,17)13-9-7-6-8-12(13)14-3/h4-9,14H,1-2,10-11H2,3H3. The number of rotatable bonds is 7. The van der Waals surface area contributed by atoms with Crippen LogP contribution in [0.4, 0.5) is 5.69 Å². The molecule has 0 heterocycles. The summed E-state index contributed by atoms with van der Waals surface area (Å²) in [6.45, 7) is 7.67. The van der Waals surface area contributed by atoms with E-state index in [1.54, 1.807) is 43.5 Å².